The highest BCUT2D eigenvalue weighted by molar-refractivity contribution is 6.30. The molecule has 1 saturated heterocycles. The predicted octanol–water partition coefficient (Wildman–Crippen LogP) is 4.03. The van der Waals surface area contributed by atoms with Gasteiger partial charge in [-0.05, 0) is 76.6 Å². The van der Waals surface area contributed by atoms with Crippen LogP contribution in [0.25, 0.3) is 16.8 Å². The number of likely N-dealkylation sites (tertiary alicyclic amines) is 1. The normalized spacial score (nSPS) is 17.3. The SMILES string of the molecule is CC(NC(=O)[C@H]1C[C@@H](c2ccc(-c3ccccc3)cc2)CCN1C(=O)O)C(=O)NCc1cc(Cl)ccc1-n1cnnn1. The topological polar surface area (TPSA) is 142 Å². The van der Waals surface area contributed by atoms with Gasteiger partial charge in [0.1, 0.15) is 18.4 Å². The summed E-state index contributed by atoms with van der Waals surface area (Å²) in [6, 6.07) is 21.5. The molecule has 1 aliphatic rings. The van der Waals surface area contributed by atoms with E-state index in [-0.39, 0.29) is 19.0 Å². The number of tetrazole rings is 1. The zero-order chi connectivity index (χ0) is 29.6. The van der Waals surface area contributed by atoms with Crippen molar-refractivity contribution < 1.29 is 19.5 Å². The first-order chi connectivity index (χ1) is 20.3. The summed E-state index contributed by atoms with van der Waals surface area (Å²) in [5, 5.41) is 27.0. The molecule has 3 atom stereocenters. The van der Waals surface area contributed by atoms with Gasteiger partial charge in [-0.2, -0.15) is 0 Å². The Morgan fingerprint density at radius 1 is 1.05 bits per heavy atom. The average Bonchev–Trinajstić information content (AvgIpc) is 3.55. The van der Waals surface area contributed by atoms with Crippen molar-refractivity contribution in [2.45, 2.75) is 44.3 Å². The number of nitrogens with one attached hydrogen (secondary N) is 2. The molecule has 1 fully saturated rings. The number of hydrogen-bond acceptors (Lipinski definition) is 6. The van der Waals surface area contributed by atoms with E-state index < -0.39 is 30.0 Å². The Labute approximate surface area is 247 Å². The van der Waals surface area contributed by atoms with Crippen LogP contribution in [0.4, 0.5) is 4.79 Å². The lowest BCUT2D eigenvalue weighted by molar-refractivity contribution is -0.132. The molecule has 0 saturated carbocycles. The van der Waals surface area contributed by atoms with Crippen molar-refractivity contribution in [1.29, 1.82) is 0 Å². The van der Waals surface area contributed by atoms with Crippen LogP contribution < -0.4 is 10.6 Å². The number of carbonyl (C=O) groups is 3. The first kappa shape index (κ1) is 28.7. The minimum absolute atomic E-state index is 0.00201. The summed E-state index contributed by atoms with van der Waals surface area (Å²) < 4.78 is 1.46. The summed E-state index contributed by atoms with van der Waals surface area (Å²) in [5.41, 5.74) is 4.55. The second-order valence-electron chi connectivity index (χ2n) is 10.2. The number of nitrogens with zero attached hydrogens (tertiary/aromatic N) is 5. The van der Waals surface area contributed by atoms with Crippen LogP contribution in [0.5, 0.6) is 0 Å². The number of amides is 3. The van der Waals surface area contributed by atoms with Crippen molar-refractivity contribution >= 4 is 29.5 Å². The summed E-state index contributed by atoms with van der Waals surface area (Å²) in [6.07, 6.45) is 1.18. The van der Waals surface area contributed by atoms with E-state index in [0.717, 1.165) is 21.6 Å². The second-order valence-corrected chi connectivity index (χ2v) is 10.6. The Hall–Kier alpha value is -4.77. The molecule has 1 unspecified atom stereocenters. The van der Waals surface area contributed by atoms with Gasteiger partial charge in [0, 0.05) is 18.1 Å². The van der Waals surface area contributed by atoms with Crippen LogP contribution in [0.1, 0.15) is 36.8 Å². The fourth-order valence-electron chi connectivity index (χ4n) is 5.23. The Balaban J connectivity index is 1.23. The first-order valence-corrected chi connectivity index (χ1v) is 13.9. The molecular formula is C30H30ClN7O4. The van der Waals surface area contributed by atoms with Gasteiger partial charge in [-0.15, -0.1) is 5.10 Å². The standard InChI is InChI=1S/C30H30ClN7O4/c1-19(28(39)32-17-24-15-25(31)11-12-26(24)38-18-33-35-36-38)34-29(40)27-16-23(13-14-37(27)30(41)42)22-9-7-21(8-10-22)20-5-3-2-4-6-20/h2-12,15,18-19,23,27H,13-14,16-17H2,1H3,(H,32,39)(H,34,40)(H,41,42)/t19?,23-,27+/m0/s1. The molecule has 3 amide bonds. The van der Waals surface area contributed by atoms with Crippen LogP contribution in [0.3, 0.4) is 0 Å². The number of aromatic nitrogens is 4. The van der Waals surface area contributed by atoms with Crippen LogP contribution in [0.15, 0.2) is 79.1 Å². The zero-order valence-corrected chi connectivity index (χ0v) is 23.6. The molecule has 3 aromatic carbocycles. The lowest BCUT2D eigenvalue weighted by Crippen LogP contribution is -2.56. The molecule has 3 N–H and O–H groups in total. The number of halogens is 1. The third kappa shape index (κ3) is 6.58. The fourth-order valence-corrected chi connectivity index (χ4v) is 5.42. The number of hydrogen-bond donors (Lipinski definition) is 3. The summed E-state index contributed by atoms with van der Waals surface area (Å²) in [4.78, 5) is 39.4. The number of piperidine rings is 1. The number of carbonyl (C=O) groups excluding carboxylic acids is 2. The minimum atomic E-state index is -1.17. The molecule has 2 heterocycles. The quantitative estimate of drug-likeness (QED) is 0.282. The van der Waals surface area contributed by atoms with E-state index in [2.05, 4.69) is 26.2 Å². The van der Waals surface area contributed by atoms with Crippen molar-refractivity contribution in [3.05, 3.63) is 95.3 Å². The monoisotopic (exact) mass is 587 g/mol. The number of benzene rings is 3. The largest absolute Gasteiger partial charge is 0.465 e. The van der Waals surface area contributed by atoms with E-state index in [4.69, 9.17) is 11.6 Å². The Morgan fingerprint density at radius 3 is 2.48 bits per heavy atom. The van der Waals surface area contributed by atoms with Gasteiger partial charge in [-0.3, -0.25) is 14.5 Å². The second kappa shape index (κ2) is 12.8. The molecule has 11 nitrogen and oxygen atoms in total. The molecule has 12 heteroatoms. The van der Waals surface area contributed by atoms with Crippen molar-refractivity contribution in [2.75, 3.05) is 6.54 Å². The lowest BCUT2D eigenvalue weighted by atomic mass is 9.84. The Kier molecular flexibility index (Phi) is 8.77. The number of carboxylic acid groups (broad SMARTS) is 1. The highest BCUT2D eigenvalue weighted by Crippen LogP contribution is 2.33. The third-order valence-corrected chi connectivity index (χ3v) is 7.72. The molecule has 0 radical (unpaired) electrons. The van der Waals surface area contributed by atoms with Gasteiger partial charge in [0.15, 0.2) is 0 Å². The van der Waals surface area contributed by atoms with E-state index in [9.17, 15) is 19.5 Å². The van der Waals surface area contributed by atoms with Gasteiger partial charge in [-0.25, -0.2) is 9.48 Å². The third-order valence-electron chi connectivity index (χ3n) is 7.48. The van der Waals surface area contributed by atoms with Gasteiger partial charge in [0.25, 0.3) is 0 Å². The highest BCUT2D eigenvalue weighted by Gasteiger charge is 2.37. The van der Waals surface area contributed by atoms with Crippen LogP contribution in [-0.4, -0.2) is 66.7 Å². The molecule has 4 aromatic rings. The number of rotatable bonds is 8. The van der Waals surface area contributed by atoms with Crippen molar-refractivity contribution in [2.24, 2.45) is 0 Å². The maximum absolute atomic E-state index is 13.3. The van der Waals surface area contributed by atoms with Gasteiger partial charge in [0.05, 0.1) is 5.69 Å². The van der Waals surface area contributed by atoms with Crippen LogP contribution in [0.2, 0.25) is 5.02 Å². The fraction of sp³-hybridized carbons (Fsp3) is 0.267. The smallest absolute Gasteiger partial charge is 0.407 e. The molecule has 5 rings (SSSR count). The molecule has 0 aliphatic carbocycles. The summed E-state index contributed by atoms with van der Waals surface area (Å²) >= 11 is 6.16. The Morgan fingerprint density at radius 2 is 1.79 bits per heavy atom. The molecular weight excluding hydrogens is 558 g/mol. The summed E-state index contributed by atoms with van der Waals surface area (Å²) in [7, 11) is 0. The molecule has 1 aromatic heterocycles. The summed E-state index contributed by atoms with van der Waals surface area (Å²) in [6.45, 7) is 1.88. The van der Waals surface area contributed by atoms with E-state index in [0.29, 0.717) is 29.1 Å². The average molecular weight is 588 g/mol. The molecule has 0 spiro atoms. The lowest BCUT2D eigenvalue weighted by Gasteiger charge is -2.37. The highest BCUT2D eigenvalue weighted by atomic mass is 35.5. The van der Waals surface area contributed by atoms with Gasteiger partial charge < -0.3 is 15.7 Å². The Bertz CT molecular complexity index is 1550. The van der Waals surface area contributed by atoms with Gasteiger partial charge >= 0.3 is 6.09 Å². The molecule has 216 valence electrons. The van der Waals surface area contributed by atoms with Crippen molar-refractivity contribution in [3.63, 3.8) is 0 Å². The van der Waals surface area contributed by atoms with Gasteiger partial charge in [0.2, 0.25) is 11.8 Å². The van der Waals surface area contributed by atoms with Crippen molar-refractivity contribution in [3.8, 4) is 16.8 Å². The minimum Gasteiger partial charge on any atom is -0.465 e. The summed E-state index contributed by atoms with van der Waals surface area (Å²) in [5.74, 6) is -0.947. The molecule has 1 aliphatic heterocycles. The maximum Gasteiger partial charge on any atom is 0.407 e. The van der Waals surface area contributed by atoms with Crippen LogP contribution in [0, 0.1) is 0 Å². The van der Waals surface area contributed by atoms with E-state index in [1.807, 2.05) is 54.6 Å². The van der Waals surface area contributed by atoms with Crippen LogP contribution >= 0.6 is 11.6 Å². The maximum atomic E-state index is 13.3. The molecule has 0 bridgehead atoms. The van der Waals surface area contributed by atoms with E-state index >= 15 is 0 Å². The van der Waals surface area contributed by atoms with E-state index in [1.54, 1.807) is 25.1 Å². The van der Waals surface area contributed by atoms with Crippen molar-refractivity contribution in [1.82, 2.24) is 35.7 Å². The zero-order valence-electron chi connectivity index (χ0n) is 22.9. The molecule has 42 heavy (non-hydrogen) atoms. The van der Waals surface area contributed by atoms with E-state index in [1.165, 1.54) is 11.0 Å². The van der Waals surface area contributed by atoms with Gasteiger partial charge in [-0.1, -0.05) is 66.2 Å². The predicted molar refractivity (Wildman–Crippen MR) is 156 cm³/mol. The first-order valence-electron chi connectivity index (χ1n) is 13.5. The van der Waals surface area contributed by atoms with Crippen LogP contribution in [-0.2, 0) is 16.1 Å².